The second kappa shape index (κ2) is 5.38. The molecule has 0 saturated heterocycles. The summed E-state index contributed by atoms with van der Waals surface area (Å²) in [6.45, 7) is 1.98. The van der Waals surface area contributed by atoms with Crippen molar-refractivity contribution >= 4 is 33.4 Å². The predicted octanol–water partition coefficient (Wildman–Crippen LogP) is 3.57. The molecular formula is C19H15N3O2. The van der Waals surface area contributed by atoms with Crippen molar-refractivity contribution in [3.63, 3.8) is 0 Å². The normalized spacial score (nSPS) is 11.0. The van der Waals surface area contributed by atoms with E-state index >= 15 is 0 Å². The Bertz CT molecular complexity index is 1140. The second-order valence-electron chi connectivity index (χ2n) is 5.79. The van der Waals surface area contributed by atoms with Crippen molar-refractivity contribution < 1.29 is 4.79 Å². The highest BCUT2D eigenvalue weighted by Gasteiger charge is 2.13. The van der Waals surface area contributed by atoms with Gasteiger partial charge >= 0.3 is 0 Å². The number of fused-ring (bicyclic) bond motifs is 2. The molecule has 0 unspecified atom stereocenters. The van der Waals surface area contributed by atoms with Crippen LogP contribution in [0.4, 0.5) is 5.69 Å². The van der Waals surface area contributed by atoms with Gasteiger partial charge in [0.1, 0.15) is 5.56 Å². The maximum absolute atomic E-state index is 12.5. The van der Waals surface area contributed by atoms with Gasteiger partial charge in [-0.2, -0.15) is 0 Å². The molecule has 0 radical (unpaired) electrons. The average molecular weight is 317 g/mol. The Morgan fingerprint density at radius 3 is 2.75 bits per heavy atom. The van der Waals surface area contributed by atoms with Gasteiger partial charge in [0.15, 0.2) is 0 Å². The molecule has 0 spiro atoms. The number of aromatic amines is 2. The molecule has 118 valence electrons. The van der Waals surface area contributed by atoms with Gasteiger partial charge in [-0.25, -0.2) is 0 Å². The van der Waals surface area contributed by atoms with E-state index in [9.17, 15) is 9.59 Å². The number of amides is 1. The van der Waals surface area contributed by atoms with Crippen LogP contribution in [-0.4, -0.2) is 15.9 Å². The highest BCUT2D eigenvalue weighted by molar-refractivity contribution is 6.06. The van der Waals surface area contributed by atoms with Crippen LogP contribution in [0.2, 0.25) is 0 Å². The first kappa shape index (κ1) is 14.3. The number of nitrogens with one attached hydrogen (secondary N) is 3. The molecule has 0 aliphatic rings. The number of anilines is 1. The fourth-order valence-electron chi connectivity index (χ4n) is 2.89. The third-order valence-corrected chi connectivity index (χ3v) is 4.05. The smallest absolute Gasteiger partial charge is 0.261 e. The highest BCUT2D eigenvalue weighted by atomic mass is 16.2. The van der Waals surface area contributed by atoms with Gasteiger partial charge in [0.05, 0.1) is 0 Å². The molecule has 5 heteroatoms. The number of carbonyl (C=O) groups excluding carboxylic acids is 1. The fraction of sp³-hybridized carbons (Fsp3) is 0.0526. The molecule has 4 aromatic rings. The number of benzene rings is 2. The lowest BCUT2D eigenvalue weighted by atomic mass is 10.1. The van der Waals surface area contributed by atoms with E-state index in [4.69, 9.17) is 0 Å². The van der Waals surface area contributed by atoms with Gasteiger partial charge in [0, 0.05) is 39.4 Å². The Kier molecular flexibility index (Phi) is 3.20. The summed E-state index contributed by atoms with van der Waals surface area (Å²) in [6.07, 6.45) is 1.46. The Labute approximate surface area is 137 Å². The molecule has 0 fully saturated rings. The quantitative estimate of drug-likeness (QED) is 0.528. The number of rotatable bonds is 2. The van der Waals surface area contributed by atoms with Crippen LogP contribution in [0.3, 0.4) is 0 Å². The van der Waals surface area contributed by atoms with Crippen molar-refractivity contribution in [3.05, 3.63) is 76.2 Å². The zero-order valence-electron chi connectivity index (χ0n) is 13.0. The number of aryl methyl sites for hydroxylation is 1. The average Bonchev–Trinajstić information content (AvgIpc) is 2.94. The zero-order valence-corrected chi connectivity index (χ0v) is 13.0. The topological polar surface area (TPSA) is 77.8 Å². The van der Waals surface area contributed by atoms with Gasteiger partial charge < -0.3 is 15.3 Å². The molecule has 2 aromatic carbocycles. The number of H-pyrrole nitrogens is 2. The van der Waals surface area contributed by atoms with E-state index < -0.39 is 5.91 Å². The molecule has 0 saturated carbocycles. The summed E-state index contributed by atoms with van der Waals surface area (Å²) in [4.78, 5) is 31.2. The largest absolute Gasteiger partial charge is 0.360 e. The van der Waals surface area contributed by atoms with Gasteiger partial charge in [0.2, 0.25) is 5.43 Å². The molecular weight excluding hydrogens is 302 g/mol. The van der Waals surface area contributed by atoms with E-state index in [0.717, 1.165) is 16.6 Å². The summed E-state index contributed by atoms with van der Waals surface area (Å²) in [7, 11) is 0. The maximum atomic E-state index is 12.5. The monoisotopic (exact) mass is 317 g/mol. The van der Waals surface area contributed by atoms with Gasteiger partial charge in [0.25, 0.3) is 5.91 Å². The van der Waals surface area contributed by atoms with Crippen molar-refractivity contribution in [1.82, 2.24) is 9.97 Å². The minimum Gasteiger partial charge on any atom is -0.360 e. The molecule has 0 bridgehead atoms. The van der Waals surface area contributed by atoms with Crippen LogP contribution in [0.25, 0.3) is 21.8 Å². The molecule has 1 amide bonds. The Morgan fingerprint density at radius 1 is 1.04 bits per heavy atom. The molecule has 2 heterocycles. The van der Waals surface area contributed by atoms with Crippen LogP contribution in [-0.2, 0) is 0 Å². The predicted molar refractivity (Wildman–Crippen MR) is 95.6 cm³/mol. The van der Waals surface area contributed by atoms with Gasteiger partial charge in [-0.05, 0) is 43.3 Å². The maximum Gasteiger partial charge on any atom is 0.261 e. The highest BCUT2D eigenvalue weighted by Crippen LogP contribution is 2.20. The number of aromatic nitrogens is 2. The molecule has 24 heavy (non-hydrogen) atoms. The van der Waals surface area contributed by atoms with E-state index in [2.05, 4.69) is 15.3 Å². The van der Waals surface area contributed by atoms with Crippen molar-refractivity contribution in [2.45, 2.75) is 6.92 Å². The number of hydrogen-bond acceptors (Lipinski definition) is 2. The van der Waals surface area contributed by atoms with Crippen molar-refractivity contribution in [3.8, 4) is 0 Å². The Balaban J connectivity index is 1.70. The number of hydrogen-bond donors (Lipinski definition) is 3. The van der Waals surface area contributed by atoms with Crippen molar-refractivity contribution in [2.75, 3.05) is 5.32 Å². The first-order valence-corrected chi connectivity index (χ1v) is 7.63. The minimum atomic E-state index is -0.423. The summed E-state index contributed by atoms with van der Waals surface area (Å²) < 4.78 is 0. The van der Waals surface area contributed by atoms with Gasteiger partial charge in [-0.1, -0.05) is 12.1 Å². The standard InChI is InChI=1S/C19H15N3O2/c1-11-8-12-9-13(6-7-16(12)21-11)22-19(24)15-10-20-17-5-3-2-4-14(17)18(15)23/h2-10,21H,1H3,(H,20,23)(H,22,24). The molecule has 5 nitrogen and oxygen atoms in total. The third-order valence-electron chi connectivity index (χ3n) is 4.05. The SMILES string of the molecule is Cc1cc2cc(NC(=O)c3c[nH]c4ccccc4c3=O)ccc2[nH]1. The molecule has 0 atom stereocenters. The van der Waals surface area contributed by atoms with E-state index in [1.807, 2.05) is 37.3 Å². The van der Waals surface area contributed by atoms with Crippen molar-refractivity contribution in [1.29, 1.82) is 0 Å². The first-order chi connectivity index (χ1) is 11.6. The molecule has 2 aromatic heterocycles. The van der Waals surface area contributed by atoms with E-state index in [0.29, 0.717) is 16.6 Å². The Hall–Kier alpha value is -3.34. The first-order valence-electron chi connectivity index (χ1n) is 7.63. The zero-order chi connectivity index (χ0) is 16.7. The van der Waals surface area contributed by atoms with E-state index in [1.54, 1.807) is 18.2 Å². The Morgan fingerprint density at radius 2 is 1.88 bits per heavy atom. The molecule has 4 rings (SSSR count). The van der Waals surface area contributed by atoms with Crippen LogP contribution in [0, 0.1) is 6.92 Å². The summed E-state index contributed by atoms with van der Waals surface area (Å²) in [6, 6.07) is 14.7. The summed E-state index contributed by atoms with van der Waals surface area (Å²) >= 11 is 0. The van der Waals surface area contributed by atoms with Gasteiger partial charge in [-0.3, -0.25) is 9.59 Å². The number of para-hydroxylation sites is 1. The fourth-order valence-corrected chi connectivity index (χ4v) is 2.89. The molecule has 3 N–H and O–H groups in total. The second-order valence-corrected chi connectivity index (χ2v) is 5.79. The lowest BCUT2D eigenvalue weighted by molar-refractivity contribution is 0.102. The summed E-state index contributed by atoms with van der Waals surface area (Å²) in [5, 5.41) is 4.31. The number of pyridine rings is 1. The molecule has 0 aliphatic carbocycles. The lowest BCUT2D eigenvalue weighted by Gasteiger charge is -2.06. The van der Waals surface area contributed by atoms with E-state index in [-0.39, 0.29) is 11.0 Å². The summed E-state index contributed by atoms with van der Waals surface area (Å²) in [5.74, 6) is -0.423. The lowest BCUT2D eigenvalue weighted by Crippen LogP contribution is -2.21. The third kappa shape index (κ3) is 2.36. The van der Waals surface area contributed by atoms with Crippen molar-refractivity contribution in [2.24, 2.45) is 0 Å². The van der Waals surface area contributed by atoms with E-state index in [1.165, 1.54) is 6.20 Å². The number of carbonyl (C=O) groups is 1. The van der Waals surface area contributed by atoms with Crippen LogP contribution < -0.4 is 10.7 Å². The minimum absolute atomic E-state index is 0.0963. The van der Waals surface area contributed by atoms with Crippen LogP contribution in [0.1, 0.15) is 16.1 Å². The van der Waals surface area contributed by atoms with Crippen LogP contribution in [0.5, 0.6) is 0 Å². The summed E-state index contributed by atoms with van der Waals surface area (Å²) in [5.41, 5.74) is 3.25. The van der Waals surface area contributed by atoms with Crippen LogP contribution >= 0.6 is 0 Å². The van der Waals surface area contributed by atoms with Crippen LogP contribution in [0.15, 0.2) is 59.5 Å². The molecule has 0 aliphatic heterocycles. The van der Waals surface area contributed by atoms with Gasteiger partial charge in [-0.15, -0.1) is 0 Å².